The monoisotopic (exact) mass is 331 g/mol. The number of unbranched alkanes of at least 4 members (excludes halogenated alkanes) is 1. The Labute approximate surface area is 141 Å². The van der Waals surface area contributed by atoms with Gasteiger partial charge in [0.2, 0.25) is 0 Å². The lowest BCUT2D eigenvalue weighted by atomic mass is 10.1. The first-order valence-corrected chi connectivity index (χ1v) is 7.89. The van der Waals surface area contributed by atoms with Crippen molar-refractivity contribution in [1.82, 2.24) is 5.32 Å². The van der Waals surface area contributed by atoms with Gasteiger partial charge in [0.05, 0.1) is 14.2 Å². The standard InChI is InChI=1S/C19H22FNO3/c1-23-16-7-5-8-17(24-2)18(16)19(22)21-13-4-3-6-14-9-11-15(20)12-10-14/h5,7-12H,3-4,6,13H2,1-2H3,(H,21,22). The summed E-state index contributed by atoms with van der Waals surface area (Å²) in [6, 6.07) is 11.7. The van der Waals surface area contributed by atoms with E-state index in [4.69, 9.17) is 9.47 Å². The number of rotatable bonds is 8. The fraction of sp³-hybridized carbons (Fsp3) is 0.316. The number of hydrogen-bond acceptors (Lipinski definition) is 3. The lowest BCUT2D eigenvalue weighted by Crippen LogP contribution is -2.25. The Morgan fingerprint density at radius 1 is 1.00 bits per heavy atom. The maximum absolute atomic E-state index is 12.8. The molecule has 0 spiro atoms. The van der Waals surface area contributed by atoms with Gasteiger partial charge in [0.25, 0.3) is 5.91 Å². The number of benzene rings is 2. The average Bonchev–Trinajstić information content (AvgIpc) is 2.62. The molecule has 2 aromatic rings. The zero-order valence-electron chi connectivity index (χ0n) is 14.0. The molecular weight excluding hydrogens is 309 g/mol. The molecule has 0 heterocycles. The van der Waals surface area contributed by atoms with Crippen molar-refractivity contribution in [2.24, 2.45) is 0 Å². The van der Waals surface area contributed by atoms with Crippen LogP contribution in [0.2, 0.25) is 0 Å². The van der Waals surface area contributed by atoms with Crippen molar-refractivity contribution in [2.45, 2.75) is 19.3 Å². The SMILES string of the molecule is COc1cccc(OC)c1C(=O)NCCCCc1ccc(F)cc1. The van der Waals surface area contributed by atoms with Crippen molar-refractivity contribution in [3.63, 3.8) is 0 Å². The fourth-order valence-electron chi connectivity index (χ4n) is 2.47. The Hall–Kier alpha value is -2.56. The third-order valence-electron chi connectivity index (χ3n) is 3.75. The van der Waals surface area contributed by atoms with Gasteiger partial charge >= 0.3 is 0 Å². The number of ether oxygens (including phenoxy) is 2. The van der Waals surface area contributed by atoms with Crippen molar-refractivity contribution in [3.8, 4) is 11.5 Å². The van der Waals surface area contributed by atoms with Crippen molar-refractivity contribution in [2.75, 3.05) is 20.8 Å². The van der Waals surface area contributed by atoms with E-state index < -0.39 is 0 Å². The number of halogens is 1. The molecule has 0 aromatic heterocycles. The van der Waals surface area contributed by atoms with Gasteiger partial charge in [0.1, 0.15) is 22.9 Å². The molecule has 24 heavy (non-hydrogen) atoms. The van der Waals surface area contributed by atoms with E-state index in [1.54, 1.807) is 30.3 Å². The predicted molar refractivity (Wildman–Crippen MR) is 91.2 cm³/mol. The van der Waals surface area contributed by atoms with Gasteiger partial charge in [-0.15, -0.1) is 0 Å². The summed E-state index contributed by atoms with van der Waals surface area (Å²) in [6.07, 6.45) is 2.60. The first kappa shape index (κ1) is 17.8. The summed E-state index contributed by atoms with van der Waals surface area (Å²) < 4.78 is 23.3. The zero-order valence-corrected chi connectivity index (χ0v) is 14.0. The zero-order chi connectivity index (χ0) is 17.4. The number of aryl methyl sites for hydroxylation is 1. The molecule has 4 nitrogen and oxygen atoms in total. The molecular formula is C19H22FNO3. The summed E-state index contributed by atoms with van der Waals surface area (Å²) in [5.74, 6) is 0.527. The Morgan fingerprint density at radius 2 is 1.62 bits per heavy atom. The summed E-state index contributed by atoms with van der Waals surface area (Å²) in [5, 5.41) is 2.88. The molecule has 0 aliphatic heterocycles. The lowest BCUT2D eigenvalue weighted by Gasteiger charge is -2.13. The minimum Gasteiger partial charge on any atom is -0.496 e. The predicted octanol–water partition coefficient (Wildman–Crippen LogP) is 3.60. The molecule has 0 radical (unpaired) electrons. The van der Waals surface area contributed by atoms with Crippen LogP contribution in [0.25, 0.3) is 0 Å². The van der Waals surface area contributed by atoms with Gasteiger partial charge in [-0.2, -0.15) is 0 Å². The summed E-state index contributed by atoms with van der Waals surface area (Å²) in [6.45, 7) is 0.557. The molecule has 0 fully saturated rings. The summed E-state index contributed by atoms with van der Waals surface area (Å²) in [7, 11) is 3.04. The molecule has 2 rings (SSSR count). The number of hydrogen-bond donors (Lipinski definition) is 1. The highest BCUT2D eigenvalue weighted by Gasteiger charge is 2.17. The van der Waals surface area contributed by atoms with Crippen LogP contribution in [0.3, 0.4) is 0 Å². The van der Waals surface area contributed by atoms with Crippen LogP contribution >= 0.6 is 0 Å². The van der Waals surface area contributed by atoms with Crippen molar-refractivity contribution < 1.29 is 18.7 Å². The van der Waals surface area contributed by atoms with Crippen LogP contribution in [-0.2, 0) is 6.42 Å². The van der Waals surface area contributed by atoms with Crippen LogP contribution in [-0.4, -0.2) is 26.7 Å². The van der Waals surface area contributed by atoms with Gasteiger partial charge in [-0.3, -0.25) is 4.79 Å². The van der Waals surface area contributed by atoms with Gasteiger partial charge in [0, 0.05) is 6.54 Å². The molecule has 1 N–H and O–H groups in total. The molecule has 0 unspecified atom stereocenters. The largest absolute Gasteiger partial charge is 0.496 e. The highest BCUT2D eigenvalue weighted by Crippen LogP contribution is 2.27. The third kappa shape index (κ3) is 4.72. The Kier molecular flexibility index (Phi) is 6.61. The molecule has 128 valence electrons. The minimum atomic E-state index is -0.225. The molecule has 0 saturated heterocycles. The highest BCUT2D eigenvalue weighted by atomic mass is 19.1. The first-order chi connectivity index (χ1) is 11.7. The van der Waals surface area contributed by atoms with Gasteiger partial charge in [-0.25, -0.2) is 4.39 Å². The molecule has 0 bridgehead atoms. The second kappa shape index (κ2) is 8.91. The van der Waals surface area contributed by atoms with Crippen LogP contribution in [0.5, 0.6) is 11.5 Å². The molecule has 0 atom stereocenters. The Balaban J connectivity index is 1.82. The van der Waals surface area contributed by atoms with E-state index >= 15 is 0 Å². The summed E-state index contributed by atoms with van der Waals surface area (Å²) >= 11 is 0. The number of amides is 1. The normalized spacial score (nSPS) is 10.3. The van der Waals surface area contributed by atoms with Crippen LogP contribution in [0.1, 0.15) is 28.8 Å². The van der Waals surface area contributed by atoms with E-state index in [1.165, 1.54) is 26.4 Å². The van der Waals surface area contributed by atoms with E-state index in [9.17, 15) is 9.18 Å². The number of carbonyl (C=O) groups excluding carboxylic acids is 1. The summed E-state index contributed by atoms with van der Waals surface area (Å²) in [4.78, 5) is 12.4. The highest BCUT2D eigenvalue weighted by molar-refractivity contribution is 5.99. The molecule has 2 aromatic carbocycles. The first-order valence-electron chi connectivity index (χ1n) is 7.89. The second-order valence-electron chi connectivity index (χ2n) is 5.38. The van der Waals surface area contributed by atoms with Gasteiger partial charge in [-0.1, -0.05) is 18.2 Å². The van der Waals surface area contributed by atoms with E-state index in [-0.39, 0.29) is 11.7 Å². The Bertz CT molecular complexity index is 649. The second-order valence-corrected chi connectivity index (χ2v) is 5.38. The van der Waals surface area contributed by atoms with E-state index in [0.29, 0.717) is 23.6 Å². The maximum atomic E-state index is 12.8. The third-order valence-corrected chi connectivity index (χ3v) is 3.75. The molecule has 5 heteroatoms. The van der Waals surface area contributed by atoms with Crippen LogP contribution in [0, 0.1) is 5.82 Å². The van der Waals surface area contributed by atoms with Crippen LogP contribution in [0.4, 0.5) is 4.39 Å². The molecule has 1 amide bonds. The smallest absolute Gasteiger partial charge is 0.258 e. The lowest BCUT2D eigenvalue weighted by molar-refractivity contribution is 0.0946. The Morgan fingerprint density at radius 3 is 2.21 bits per heavy atom. The molecule has 0 aliphatic carbocycles. The maximum Gasteiger partial charge on any atom is 0.258 e. The van der Waals surface area contributed by atoms with Gasteiger partial charge in [0.15, 0.2) is 0 Å². The average molecular weight is 331 g/mol. The van der Waals surface area contributed by atoms with E-state index in [0.717, 1.165) is 24.8 Å². The van der Waals surface area contributed by atoms with Crippen molar-refractivity contribution >= 4 is 5.91 Å². The molecule has 0 aliphatic rings. The van der Waals surface area contributed by atoms with Crippen molar-refractivity contribution in [3.05, 3.63) is 59.4 Å². The quantitative estimate of drug-likeness (QED) is 0.752. The van der Waals surface area contributed by atoms with E-state index in [1.807, 2.05) is 0 Å². The molecule has 0 saturated carbocycles. The topological polar surface area (TPSA) is 47.6 Å². The van der Waals surface area contributed by atoms with Gasteiger partial charge in [-0.05, 0) is 49.1 Å². The summed E-state index contributed by atoms with van der Waals surface area (Å²) in [5.41, 5.74) is 1.50. The van der Waals surface area contributed by atoms with Crippen LogP contribution < -0.4 is 14.8 Å². The van der Waals surface area contributed by atoms with Gasteiger partial charge < -0.3 is 14.8 Å². The van der Waals surface area contributed by atoms with E-state index in [2.05, 4.69) is 5.32 Å². The van der Waals surface area contributed by atoms with Crippen molar-refractivity contribution in [1.29, 1.82) is 0 Å². The number of methoxy groups -OCH3 is 2. The fourth-order valence-corrected chi connectivity index (χ4v) is 2.47. The van der Waals surface area contributed by atoms with Crippen LogP contribution in [0.15, 0.2) is 42.5 Å². The minimum absolute atomic E-state index is 0.217. The number of nitrogens with one attached hydrogen (secondary N) is 1. The number of carbonyl (C=O) groups is 1.